The predicted molar refractivity (Wildman–Crippen MR) is 102 cm³/mol. The zero-order chi connectivity index (χ0) is 19.6. The number of hydrogen-bond donors (Lipinski definition) is 2. The molecule has 2 atom stereocenters. The van der Waals surface area contributed by atoms with Crippen LogP contribution in [-0.2, 0) is 9.59 Å². The smallest absolute Gasteiger partial charge is 0.252 e. The summed E-state index contributed by atoms with van der Waals surface area (Å²) in [5, 5.41) is 16.6. The van der Waals surface area contributed by atoms with Crippen LogP contribution in [-0.4, -0.2) is 17.8 Å². The number of benzene rings is 1. The van der Waals surface area contributed by atoms with Gasteiger partial charge in [-0.05, 0) is 30.5 Å². The van der Waals surface area contributed by atoms with Crippen LogP contribution in [0.1, 0.15) is 23.2 Å². The number of thiophene rings is 1. The normalized spacial score (nSPS) is 18.9. The second-order valence-corrected chi connectivity index (χ2v) is 7.50. The summed E-state index contributed by atoms with van der Waals surface area (Å²) in [6, 6.07) is 6.88. The van der Waals surface area contributed by atoms with E-state index in [-0.39, 0.29) is 12.0 Å². The Labute approximate surface area is 164 Å². The predicted octanol–water partition coefficient (Wildman–Crippen LogP) is 2.44. The molecule has 140 valence electrons. The lowest BCUT2D eigenvalue weighted by Gasteiger charge is -2.28. The molecular weight excluding hydrogens is 388 g/mol. The van der Waals surface area contributed by atoms with E-state index < -0.39 is 29.6 Å². The second kappa shape index (κ2) is 7.94. The fourth-order valence-corrected chi connectivity index (χ4v) is 4.21. The van der Waals surface area contributed by atoms with E-state index in [4.69, 9.17) is 17.3 Å². The van der Waals surface area contributed by atoms with Gasteiger partial charge in [-0.3, -0.25) is 9.59 Å². The van der Waals surface area contributed by atoms with E-state index in [1.165, 1.54) is 0 Å². The molecule has 0 aliphatic heterocycles. The molecule has 0 spiro atoms. The molecule has 2 aromatic rings. The first-order chi connectivity index (χ1) is 12.9. The number of aliphatic carboxylic acids is 1. The summed E-state index contributed by atoms with van der Waals surface area (Å²) in [4.78, 5) is 36.0. The van der Waals surface area contributed by atoms with Gasteiger partial charge in [0.05, 0.1) is 11.5 Å². The van der Waals surface area contributed by atoms with Crippen LogP contribution in [0, 0.1) is 11.8 Å². The van der Waals surface area contributed by atoms with Gasteiger partial charge in [-0.2, -0.15) is 0 Å². The van der Waals surface area contributed by atoms with Crippen molar-refractivity contribution in [2.24, 2.45) is 17.6 Å². The molecule has 2 amide bonds. The molecule has 0 saturated heterocycles. The highest BCUT2D eigenvalue weighted by atomic mass is 35.5. The zero-order valence-corrected chi connectivity index (χ0v) is 15.7. The number of carbonyl (C=O) groups is 3. The Morgan fingerprint density at radius 1 is 1.11 bits per heavy atom. The van der Waals surface area contributed by atoms with E-state index >= 15 is 0 Å². The SMILES string of the molecule is NC(=O)c1c(-c2ccc(Cl)cc2)csc1NC(=O)[C@H]1CC=CC[C@@H]1C(=O)[O-]. The first kappa shape index (κ1) is 19.1. The van der Waals surface area contributed by atoms with Gasteiger partial charge in [0.2, 0.25) is 5.91 Å². The summed E-state index contributed by atoms with van der Waals surface area (Å²) in [6.45, 7) is 0. The molecule has 1 heterocycles. The van der Waals surface area contributed by atoms with E-state index in [0.29, 0.717) is 22.0 Å². The van der Waals surface area contributed by atoms with Crippen molar-refractivity contribution in [2.45, 2.75) is 12.8 Å². The van der Waals surface area contributed by atoms with Crippen LogP contribution in [0.3, 0.4) is 0 Å². The number of nitrogens with two attached hydrogens (primary N) is 1. The van der Waals surface area contributed by atoms with Crippen LogP contribution in [0.2, 0.25) is 5.02 Å². The molecule has 3 N–H and O–H groups in total. The number of nitrogens with one attached hydrogen (secondary N) is 1. The van der Waals surface area contributed by atoms with Crippen molar-refractivity contribution in [1.29, 1.82) is 0 Å². The molecule has 8 heteroatoms. The Bertz CT molecular complexity index is 920. The van der Waals surface area contributed by atoms with Crippen LogP contribution in [0.25, 0.3) is 11.1 Å². The summed E-state index contributed by atoms with van der Waals surface area (Å²) in [5.74, 6) is -4.08. The number of hydrogen-bond acceptors (Lipinski definition) is 5. The van der Waals surface area contributed by atoms with Crippen molar-refractivity contribution in [2.75, 3.05) is 5.32 Å². The van der Waals surface area contributed by atoms with Gasteiger partial charge in [0.15, 0.2) is 0 Å². The van der Waals surface area contributed by atoms with Crippen molar-refractivity contribution < 1.29 is 19.5 Å². The Kier molecular flexibility index (Phi) is 5.62. The number of anilines is 1. The third-order valence-electron chi connectivity index (χ3n) is 4.50. The van der Waals surface area contributed by atoms with Crippen molar-refractivity contribution in [3.8, 4) is 11.1 Å². The van der Waals surface area contributed by atoms with Crippen molar-refractivity contribution >= 4 is 45.7 Å². The topological polar surface area (TPSA) is 112 Å². The van der Waals surface area contributed by atoms with Gasteiger partial charge >= 0.3 is 0 Å². The third kappa shape index (κ3) is 4.04. The second-order valence-electron chi connectivity index (χ2n) is 6.19. The van der Waals surface area contributed by atoms with Crippen molar-refractivity contribution in [3.63, 3.8) is 0 Å². The van der Waals surface area contributed by atoms with Gasteiger partial charge in [0.25, 0.3) is 5.91 Å². The average molecular weight is 404 g/mol. The van der Waals surface area contributed by atoms with Crippen LogP contribution in [0.4, 0.5) is 5.00 Å². The van der Waals surface area contributed by atoms with Crippen LogP contribution in [0.15, 0.2) is 41.8 Å². The van der Waals surface area contributed by atoms with Crippen LogP contribution in [0.5, 0.6) is 0 Å². The lowest BCUT2D eigenvalue weighted by molar-refractivity contribution is -0.313. The molecule has 1 aliphatic carbocycles. The van der Waals surface area contributed by atoms with Gasteiger partial charge in [-0.15, -0.1) is 11.3 Å². The average Bonchev–Trinajstić information content (AvgIpc) is 3.06. The van der Waals surface area contributed by atoms with Gasteiger partial charge in [0, 0.05) is 27.9 Å². The van der Waals surface area contributed by atoms with Gasteiger partial charge in [-0.25, -0.2) is 0 Å². The lowest BCUT2D eigenvalue weighted by Crippen LogP contribution is -2.41. The molecule has 0 unspecified atom stereocenters. The Balaban J connectivity index is 1.90. The van der Waals surface area contributed by atoms with Gasteiger partial charge in [0.1, 0.15) is 5.00 Å². The maximum absolute atomic E-state index is 12.6. The number of carboxylic acid groups (broad SMARTS) is 1. The minimum absolute atomic E-state index is 0.187. The van der Waals surface area contributed by atoms with Crippen LogP contribution < -0.4 is 16.2 Å². The molecule has 1 aromatic carbocycles. The maximum atomic E-state index is 12.6. The highest BCUT2D eigenvalue weighted by Gasteiger charge is 2.31. The summed E-state index contributed by atoms with van der Waals surface area (Å²) < 4.78 is 0. The standard InChI is InChI=1S/C19H17ClN2O4S/c20-11-7-5-10(6-8-11)14-9-27-18(15(14)16(21)23)22-17(24)12-3-1-2-4-13(12)19(25)26/h1-2,5-9,12-13H,3-4H2,(H2,21,23)(H,22,24)(H,25,26)/p-1/t12-,13-/m0/s1. The quantitative estimate of drug-likeness (QED) is 0.746. The van der Waals surface area contributed by atoms with Crippen molar-refractivity contribution in [3.05, 3.63) is 52.4 Å². The van der Waals surface area contributed by atoms with E-state index in [1.807, 2.05) is 0 Å². The minimum Gasteiger partial charge on any atom is -0.550 e. The number of carbonyl (C=O) groups excluding carboxylic acids is 3. The molecule has 1 aliphatic rings. The fraction of sp³-hybridized carbons (Fsp3) is 0.211. The maximum Gasteiger partial charge on any atom is 0.252 e. The summed E-state index contributed by atoms with van der Waals surface area (Å²) in [7, 11) is 0. The van der Waals surface area contributed by atoms with E-state index in [2.05, 4.69) is 5.32 Å². The minimum atomic E-state index is -1.26. The Morgan fingerprint density at radius 3 is 2.33 bits per heavy atom. The number of carboxylic acids is 1. The molecule has 6 nitrogen and oxygen atoms in total. The first-order valence-electron chi connectivity index (χ1n) is 8.22. The van der Waals surface area contributed by atoms with E-state index in [0.717, 1.165) is 16.9 Å². The monoisotopic (exact) mass is 403 g/mol. The third-order valence-corrected chi connectivity index (χ3v) is 5.65. The fourth-order valence-electron chi connectivity index (χ4n) is 3.11. The molecule has 0 radical (unpaired) electrons. The summed E-state index contributed by atoms with van der Waals surface area (Å²) in [6.07, 6.45) is 4.03. The number of allylic oxidation sites excluding steroid dienone is 2. The van der Waals surface area contributed by atoms with Gasteiger partial charge in [-0.1, -0.05) is 35.9 Å². The summed E-state index contributed by atoms with van der Waals surface area (Å²) >= 11 is 7.05. The number of rotatable bonds is 5. The van der Waals surface area contributed by atoms with Gasteiger partial charge < -0.3 is 21.0 Å². The largest absolute Gasteiger partial charge is 0.550 e. The van der Waals surface area contributed by atoms with Crippen LogP contribution >= 0.6 is 22.9 Å². The molecule has 3 rings (SSSR count). The highest BCUT2D eigenvalue weighted by Crippen LogP contribution is 2.37. The molecule has 1 aromatic heterocycles. The Morgan fingerprint density at radius 2 is 1.74 bits per heavy atom. The molecule has 27 heavy (non-hydrogen) atoms. The first-order valence-corrected chi connectivity index (χ1v) is 9.48. The molecular formula is C19H16ClN2O4S-. The Hall–Kier alpha value is -2.64. The van der Waals surface area contributed by atoms with Crippen molar-refractivity contribution in [1.82, 2.24) is 0 Å². The number of halogens is 1. The summed E-state index contributed by atoms with van der Waals surface area (Å²) in [5.41, 5.74) is 7.04. The van der Waals surface area contributed by atoms with E-state index in [1.54, 1.807) is 41.8 Å². The highest BCUT2D eigenvalue weighted by molar-refractivity contribution is 7.15. The number of primary amides is 1. The molecule has 0 fully saturated rings. The zero-order valence-electron chi connectivity index (χ0n) is 14.1. The lowest BCUT2D eigenvalue weighted by atomic mass is 9.82. The molecule has 0 bridgehead atoms. The number of amides is 2. The van der Waals surface area contributed by atoms with E-state index in [9.17, 15) is 19.5 Å². The molecule has 0 saturated carbocycles.